The summed E-state index contributed by atoms with van der Waals surface area (Å²) in [5.74, 6) is -3.59. The zero-order chi connectivity index (χ0) is 37.2. The van der Waals surface area contributed by atoms with E-state index in [1.807, 2.05) is 58.0 Å². The second-order valence-electron chi connectivity index (χ2n) is 16.2. The highest BCUT2D eigenvalue weighted by Crippen LogP contribution is 2.61. The van der Waals surface area contributed by atoms with Gasteiger partial charge in [-0.2, -0.15) is 0 Å². The first-order chi connectivity index (χ1) is 23.4. The van der Waals surface area contributed by atoms with Crippen molar-refractivity contribution in [2.45, 2.75) is 114 Å². The molecule has 2 bridgehead atoms. The van der Waals surface area contributed by atoms with Crippen molar-refractivity contribution in [3.8, 4) is 0 Å². The maximum Gasteiger partial charge on any atom is 0.306 e. The molecule has 3 aliphatic rings. The summed E-state index contributed by atoms with van der Waals surface area (Å²) < 4.78 is 12.4. The van der Waals surface area contributed by atoms with E-state index in [1.165, 1.54) is 4.90 Å². The number of nitrogens with zero attached hydrogens (tertiary/aromatic N) is 2. The van der Waals surface area contributed by atoms with Crippen molar-refractivity contribution in [2.24, 2.45) is 23.2 Å². The highest BCUT2D eigenvalue weighted by atomic mass is 79.9. The maximum absolute atomic E-state index is 15.1. The van der Waals surface area contributed by atoms with E-state index in [4.69, 9.17) is 9.47 Å². The average molecular weight is 759 g/mol. The normalized spacial score (nSPS) is 27.1. The summed E-state index contributed by atoms with van der Waals surface area (Å²) in [6, 6.07) is 6.77. The summed E-state index contributed by atoms with van der Waals surface area (Å²) in [6.45, 7) is 21.6. The minimum absolute atomic E-state index is 0.0992. The first-order valence-electron chi connectivity index (χ1n) is 17.7. The van der Waals surface area contributed by atoms with E-state index in [0.29, 0.717) is 19.3 Å². The third kappa shape index (κ3) is 7.89. The molecule has 0 saturated carbocycles. The SMILES string of the molecule is C=CCCC(=O)OC[C@H](NC(=O)[C@H]1[C@@H]2O[C@@]3(CC2Br)[C@@H]1C(=O)N([C@@H](CO)C(C)C)[C@@H]3C(=O)N(CC=C)C(C)(C)CC(C)(C)C)c1ccccc1. The quantitative estimate of drug-likeness (QED) is 0.132. The van der Waals surface area contributed by atoms with Crippen molar-refractivity contribution in [3.63, 3.8) is 0 Å². The Kier molecular flexibility index (Phi) is 12.5. The van der Waals surface area contributed by atoms with Crippen LogP contribution in [0.5, 0.6) is 0 Å². The Morgan fingerprint density at radius 2 is 1.82 bits per heavy atom. The average Bonchev–Trinajstić information content (AvgIpc) is 3.63. The van der Waals surface area contributed by atoms with Crippen LogP contribution >= 0.6 is 15.9 Å². The van der Waals surface area contributed by atoms with E-state index in [0.717, 1.165) is 5.56 Å². The molecule has 1 unspecified atom stereocenters. The number of fused-ring (bicyclic) bond motifs is 1. The van der Waals surface area contributed by atoms with E-state index in [-0.39, 0.29) is 54.2 Å². The number of ether oxygens (including phenoxy) is 2. The van der Waals surface area contributed by atoms with Crippen molar-refractivity contribution in [1.82, 2.24) is 15.1 Å². The van der Waals surface area contributed by atoms with Gasteiger partial charge in [0, 0.05) is 23.3 Å². The molecule has 11 heteroatoms. The molecule has 3 amide bonds. The van der Waals surface area contributed by atoms with Crippen LogP contribution in [0.3, 0.4) is 0 Å². The van der Waals surface area contributed by atoms with Crippen LogP contribution in [0.15, 0.2) is 55.6 Å². The minimum Gasteiger partial charge on any atom is -0.463 e. The van der Waals surface area contributed by atoms with Crippen LogP contribution in [0.25, 0.3) is 0 Å². The first-order valence-corrected chi connectivity index (χ1v) is 18.6. The Bertz CT molecular complexity index is 1430. The summed E-state index contributed by atoms with van der Waals surface area (Å²) in [5, 5.41) is 13.8. The molecule has 8 atom stereocenters. The first kappa shape index (κ1) is 39.8. The summed E-state index contributed by atoms with van der Waals surface area (Å²) in [7, 11) is 0. The summed E-state index contributed by atoms with van der Waals surface area (Å²) >= 11 is 3.76. The Morgan fingerprint density at radius 3 is 2.38 bits per heavy atom. The van der Waals surface area contributed by atoms with E-state index < -0.39 is 59.1 Å². The monoisotopic (exact) mass is 757 g/mol. The molecule has 1 aromatic carbocycles. The highest BCUT2D eigenvalue weighted by Gasteiger charge is 2.77. The molecule has 3 aliphatic heterocycles. The molecule has 50 heavy (non-hydrogen) atoms. The Morgan fingerprint density at radius 1 is 1.16 bits per heavy atom. The number of esters is 1. The molecule has 0 aliphatic carbocycles. The minimum atomic E-state index is -1.31. The number of nitrogens with one attached hydrogen (secondary N) is 1. The predicted molar refractivity (Wildman–Crippen MR) is 196 cm³/mol. The zero-order valence-corrected chi connectivity index (χ0v) is 32.3. The van der Waals surface area contributed by atoms with Crippen LogP contribution in [0.1, 0.15) is 85.8 Å². The number of rotatable bonds is 16. The molecule has 10 nitrogen and oxygen atoms in total. The highest BCUT2D eigenvalue weighted by molar-refractivity contribution is 9.09. The number of allylic oxidation sites excluding steroid dienone is 1. The molecule has 0 aromatic heterocycles. The predicted octanol–water partition coefficient (Wildman–Crippen LogP) is 5.35. The van der Waals surface area contributed by atoms with E-state index in [9.17, 15) is 19.5 Å². The molecule has 3 saturated heterocycles. The van der Waals surface area contributed by atoms with Crippen LogP contribution in [0.4, 0.5) is 0 Å². The number of aliphatic hydroxyl groups excluding tert-OH is 1. The van der Waals surface area contributed by atoms with Crippen molar-refractivity contribution < 1.29 is 33.8 Å². The molecular weight excluding hydrogens is 702 g/mol. The van der Waals surface area contributed by atoms with Crippen molar-refractivity contribution >= 4 is 39.6 Å². The number of carbonyl (C=O) groups is 4. The molecule has 4 rings (SSSR count). The molecule has 0 radical (unpaired) electrons. The van der Waals surface area contributed by atoms with Gasteiger partial charge in [-0.1, -0.05) is 93.0 Å². The van der Waals surface area contributed by atoms with Crippen LogP contribution in [0, 0.1) is 23.2 Å². The van der Waals surface area contributed by atoms with E-state index in [1.54, 1.807) is 17.1 Å². The van der Waals surface area contributed by atoms with Gasteiger partial charge in [-0.25, -0.2) is 0 Å². The number of halogens is 1. The van der Waals surface area contributed by atoms with Gasteiger partial charge in [0.25, 0.3) is 0 Å². The Labute approximate surface area is 306 Å². The number of carbonyl (C=O) groups excluding carboxylic acids is 4. The molecule has 3 heterocycles. The fourth-order valence-electron chi connectivity index (χ4n) is 8.57. The number of aliphatic hydroxyl groups is 1. The topological polar surface area (TPSA) is 125 Å². The zero-order valence-electron chi connectivity index (χ0n) is 30.7. The lowest BCUT2D eigenvalue weighted by atomic mass is 9.70. The summed E-state index contributed by atoms with van der Waals surface area (Å²) in [5.41, 5.74) is -1.30. The largest absolute Gasteiger partial charge is 0.463 e. The van der Waals surface area contributed by atoms with Crippen LogP contribution in [-0.2, 0) is 28.7 Å². The van der Waals surface area contributed by atoms with Crippen molar-refractivity contribution in [2.75, 3.05) is 19.8 Å². The Balaban J connectivity index is 1.76. The number of alkyl halides is 1. The van der Waals surface area contributed by atoms with Gasteiger partial charge in [-0.15, -0.1) is 13.2 Å². The number of hydrogen-bond donors (Lipinski definition) is 2. The van der Waals surface area contributed by atoms with Crippen LogP contribution in [-0.4, -0.2) is 92.5 Å². The fraction of sp³-hybridized carbons (Fsp3) is 0.641. The molecular formula is C39H56BrN3O7. The molecule has 3 fully saturated rings. The smallest absolute Gasteiger partial charge is 0.306 e. The summed E-state index contributed by atoms with van der Waals surface area (Å²) in [6.07, 6.45) is 4.31. The third-order valence-corrected chi connectivity index (χ3v) is 11.2. The molecule has 1 spiro atoms. The number of benzene rings is 1. The molecule has 2 N–H and O–H groups in total. The van der Waals surface area contributed by atoms with Crippen LogP contribution in [0.2, 0.25) is 0 Å². The van der Waals surface area contributed by atoms with E-state index >= 15 is 4.79 Å². The van der Waals surface area contributed by atoms with Gasteiger partial charge in [0.15, 0.2) is 0 Å². The Hall–Kier alpha value is -3.02. The number of likely N-dealkylation sites (tertiary alicyclic amines) is 1. The second-order valence-corrected chi connectivity index (χ2v) is 17.3. The molecule has 276 valence electrons. The van der Waals surface area contributed by atoms with Gasteiger partial charge in [-0.3, -0.25) is 19.2 Å². The maximum atomic E-state index is 15.1. The number of hydrogen-bond acceptors (Lipinski definition) is 7. The lowest BCUT2D eigenvalue weighted by Crippen LogP contribution is -2.63. The number of amides is 3. The third-order valence-electron chi connectivity index (χ3n) is 10.3. The van der Waals surface area contributed by atoms with Gasteiger partial charge in [0.1, 0.15) is 18.2 Å². The molecule has 1 aromatic rings. The van der Waals surface area contributed by atoms with Gasteiger partial charge in [-0.05, 0) is 50.0 Å². The lowest BCUT2D eigenvalue weighted by Gasteiger charge is -2.47. The summed E-state index contributed by atoms with van der Waals surface area (Å²) in [4.78, 5) is 59.8. The van der Waals surface area contributed by atoms with Gasteiger partial charge in [0.05, 0.1) is 36.6 Å². The van der Waals surface area contributed by atoms with Gasteiger partial charge in [0.2, 0.25) is 17.7 Å². The standard InChI is InChI=1S/C39H56BrN3O7/c1-10-12-18-29(45)49-22-27(25-16-14-13-15-17-25)41-34(46)30-31-35(47)43(28(21-44)24(3)4)33(39(31)20-26(40)32(30)50-39)36(48)42(19-11-2)38(8,9)23-37(5,6)7/h10-11,13-17,24,26-28,30-33,44H,1-2,12,18-23H2,3-9H3,(H,41,46)/t26?,27-,28-,30+,31-,32+,33+,39-/m0/s1. The van der Waals surface area contributed by atoms with Gasteiger partial charge < -0.3 is 29.7 Å². The van der Waals surface area contributed by atoms with Crippen LogP contribution < -0.4 is 5.32 Å². The lowest BCUT2D eigenvalue weighted by molar-refractivity contribution is -0.156. The van der Waals surface area contributed by atoms with E-state index in [2.05, 4.69) is 55.2 Å². The van der Waals surface area contributed by atoms with Gasteiger partial charge >= 0.3 is 5.97 Å². The second kappa shape index (κ2) is 15.7. The fourth-order valence-corrected chi connectivity index (χ4v) is 9.51. The van der Waals surface area contributed by atoms with Crippen molar-refractivity contribution in [1.29, 1.82) is 0 Å². The van der Waals surface area contributed by atoms with Crippen molar-refractivity contribution in [3.05, 3.63) is 61.2 Å².